The lowest BCUT2D eigenvalue weighted by atomic mass is 10.2. The zero-order valence-electron chi connectivity index (χ0n) is 10.6. The van der Waals surface area contributed by atoms with Crippen LogP contribution >= 0.6 is 0 Å². The smallest absolute Gasteiger partial charge is 0.212 e. The zero-order chi connectivity index (χ0) is 12.8. The fourth-order valence-corrected chi connectivity index (χ4v) is 1.49. The summed E-state index contributed by atoms with van der Waals surface area (Å²) in [5.74, 6) is 1.38. The molecule has 18 heavy (non-hydrogen) atoms. The number of hydrogen-bond donors (Lipinski definition) is 1. The second-order valence-electron chi connectivity index (χ2n) is 3.82. The van der Waals surface area contributed by atoms with Gasteiger partial charge in [0, 0.05) is 24.4 Å². The number of nitrogens with one attached hydrogen (secondary N) is 1. The molecule has 0 aliphatic rings. The Morgan fingerprint density at radius 3 is 2.61 bits per heavy atom. The van der Waals surface area contributed by atoms with Crippen molar-refractivity contribution < 1.29 is 4.74 Å². The van der Waals surface area contributed by atoms with Crippen LogP contribution in [0.1, 0.15) is 13.3 Å². The van der Waals surface area contributed by atoms with E-state index in [1.807, 2.05) is 18.2 Å². The number of pyridine rings is 1. The Labute approximate surface area is 106 Å². The molecule has 2 aromatic heterocycles. The minimum Gasteiger partial charge on any atom is -0.481 e. The van der Waals surface area contributed by atoms with E-state index in [4.69, 9.17) is 4.74 Å². The van der Waals surface area contributed by atoms with Crippen LogP contribution in [0.15, 0.2) is 30.5 Å². The Morgan fingerprint density at radius 1 is 1.17 bits per heavy atom. The molecule has 0 radical (unpaired) electrons. The fourth-order valence-electron chi connectivity index (χ4n) is 1.49. The molecule has 0 aromatic carbocycles. The second-order valence-corrected chi connectivity index (χ2v) is 3.82. The number of anilines is 1. The van der Waals surface area contributed by atoms with E-state index >= 15 is 0 Å². The van der Waals surface area contributed by atoms with E-state index in [1.54, 1.807) is 19.4 Å². The van der Waals surface area contributed by atoms with Crippen LogP contribution in [0.4, 0.5) is 5.82 Å². The Bertz CT molecular complexity index is 481. The van der Waals surface area contributed by atoms with Crippen LogP contribution in [0.3, 0.4) is 0 Å². The quantitative estimate of drug-likeness (QED) is 0.875. The Kier molecular flexibility index (Phi) is 4.06. The van der Waals surface area contributed by atoms with Crippen molar-refractivity contribution in [3.05, 3.63) is 30.5 Å². The number of hydrogen-bond acceptors (Lipinski definition) is 5. The minimum atomic E-state index is 0.591. The highest BCUT2D eigenvalue weighted by Gasteiger charge is 2.02. The molecule has 0 atom stereocenters. The standard InChI is InChI=1S/C13H16N4O/c1-3-8-14-12-6-5-11(16-17-12)10-4-7-13(18-2)15-9-10/h4-7,9H,3,8H2,1-2H3,(H,14,17). The van der Waals surface area contributed by atoms with Crippen molar-refractivity contribution in [3.63, 3.8) is 0 Å². The van der Waals surface area contributed by atoms with Gasteiger partial charge in [0.05, 0.1) is 12.8 Å². The molecule has 0 fully saturated rings. The van der Waals surface area contributed by atoms with Gasteiger partial charge in [0.2, 0.25) is 5.88 Å². The maximum Gasteiger partial charge on any atom is 0.212 e. The third-order valence-electron chi connectivity index (χ3n) is 2.46. The summed E-state index contributed by atoms with van der Waals surface area (Å²) in [5.41, 5.74) is 1.72. The van der Waals surface area contributed by atoms with Gasteiger partial charge in [-0.3, -0.25) is 0 Å². The third-order valence-corrected chi connectivity index (χ3v) is 2.46. The van der Waals surface area contributed by atoms with Gasteiger partial charge in [-0.25, -0.2) is 4.98 Å². The predicted molar refractivity (Wildman–Crippen MR) is 70.6 cm³/mol. The number of rotatable bonds is 5. The molecule has 0 saturated carbocycles. The molecular formula is C13H16N4O. The molecule has 1 N–H and O–H groups in total. The van der Waals surface area contributed by atoms with Crippen LogP contribution in [-0.2, 0) is 0 Å². The lowest BCUT2D eigenvalue weighted by Crippen LogP contribution is -2.02. The first-order valence-corrected chi connectivity index (χ1v) is 5.91. The minimum absolute atomic E-state index is 0.591. The Balaban J connectivity index is 2.12. The molecule has 0 saturated heterocycles. The zero-order valence-corrected chi connectivity index (χ0v) is 10.6. The average Bonchev–Trinajstić information content (AvgIpc) is 2.46. The van der Waals surface area contributed by atoms with E-state index < -0.39 is 0 Å². The van der Waals surface area contributed by atoms with Gasteiger partial charge in [0.1, 0.15) is 5.82 Å². The second kappa shape index (κ2) is 5.95. The first-order valence-electron chi connectivity index (χ1n) is 5.91. The third kappa shape index (κ3) is 2.94. The van der Waals surface area contributed by atoms with Crippen molar-refractivity contribution in [2.24, 2.45) is 0 Å². The normalized spacial score (nSPS) is 10.1. The van der Waals surface area contributed by atoms with Gasteiger partial charge in [0.15, 0.2) is 0 Å². The van der Waals surface area contributed by atoms with Gasteiger partial charge < -0.3 is 10.1 Å². The summed E-state index contributed by atoms with van der Waals surface area (Å²) in [6, 6.07) is 7.56. The molecule has 2 rings (SSSR count). The highest BCUT2D eigenvalue weighted by atomic mass is 16.5. The highest BCUT2D eigenvalue weighted by Crippen LogP contribution is 2.18. The molecule has 0 aliphatic heterocycles. The van der Waals surface area contributed by atoms with E-state index in [9.17, 15) is 0 Å². The molecule has 5 nitrogen and oxygen atoms in total. The van der Waals surface area contributed by atoms with Crippen molar-refractivity contribution in [1.82, 2.24) is 15.2 Å². The summed E-state index contributed by atoms with van der Waals surface area (Å²) < 4.78 is 5.01. The SMILES string of the molecule is CCCNc1ccc(-c2ccc(OC)nc2)nn1. The van der Waals surface area contributed by atoms with Crippen LogP contribution in [-0.4, -0.2) is 28.8 Å². The van der Waals surface area contributed by atoms with Crippen LogP contribution in [0.5, 0.6) is 5.88 Å². The maximum atomic E-state index is 5.01. The molecule has 0 amide bonds. The molecule has 2 aromatic rings. The van der Waals surface area contributed by atoms with Gasteiger partial charge in [0.25, 0.3) is 0 Å². The summed E-state index contributed by atoms with van der Waals surface area (Å²) in [6.07, 6.45) is 2.79. The summed E-state index contributed by atoms with van der Waals surface area (Å²) in [7, 11) is 1.59. The van der Waals surface area contributed by atoms with E-state index in [2.05, 4.69) is 27.4 Å². The van der Waals surface area contributed by atoms with E-state index in [1.165, 1.54) is 0 Å². The van der Waals surface area contributed by atoms with Crippen LogP contribution < -0.4 is 10.1 Å². The number of nitrogens with zero attached hydrogens (tertiary/aromatic N) is 3. The summed E-state index contributed by atoms with van der Waals surface area (Å²) in [4.78, 5) is 4.14. The van der Waals surface area contributed by atoms with Crippen molar-refractivity contribution in [1.29, 1.82) is 0 Å². The average molecular weight is 244 g/mol. The summed E-state index contributed by atoms with van der Waals surface area (Å²) in [6.45, 7) is 3.01. The fraction of sp³-hybridized carbons (Fsp3) is 0.308. The highest BCUT2D eigenvalue weighted by molar-refractivity contribution is 5.58. The van der Waals surface area contributed by atoms with E-state index in [0.29, 0.717) is 5.88 Å². The lowest BCUT2D eigenvalue weighted by molar-refractivity contribution is 0.398. The summed E-state index contributed by atoms with van der Waals surface area (Å²) in [5, 5.41) is 11.5. The molecule has 0 aliphatic carbocycles. The van der Waals surface area contributed by atoms with Crippen LogP contribution in [0, 0.1) is 0 Å². The van der Waals surface area contributed by atoms with Crippen LogP contribution in [0.2, 0.25) is 0 Å². The van der Waals surface area contributed by atoms with Gasteiger partial charge in [-0.15, -0.1) is 10.2 Å². The van der Waals surface area contributed by atoms with E-state index in [-0.39, 0.29) is 0 Å². The Morgan fingerprint density at radius 2 is 2.06 bits per heavy atom. The maximum absolute atomic E-state index is 5.01. The van der Waals surface area contributed by atoms with Gasteiger partial charge >= 0.3 is 0 Å². The molecule has 0 unspecified atom stereocenters. The van der Waals surface area contributed by atoms with Gasteiger partial charge in [-0.2, -0.15) is 0 Å². The molecule has 0 spiro atoms. The monoisotopic (exact) mass is 244 g/mol. The first kappa shape index (κ1) is 12.3. The molecule has 2 heterocycles. The predicted octanol–water partition coefficient (Wildman–Crippen LogP) is 2.37. The molecular weight excluding hydrogens is 228 g/mol. The molecule has 5 heteroatoms. The van der Waals surface area contributed by atoms with Crippen LogP contribution in [0.25, 0.3) is 11.3 Å². The largest absolute Gasteiger partial charge is 0.481 e. The lowest BCUT2D eigenvalue weighted by Gasteiger charge is -2.04. The van der Waals surface area contributed by atoms with Crippen molar-refractivity contribution in [3.8, 4) is 17.1 Å². The van der Waals surface area contributed by atoms with Crippen molar-refractivity contribution in [2.45, 2.75) is 13.3 Å². The molecule has 94 valence electrons. The number of methoxy groups -OCH3 is 1. The summed E-state index contributed by atoms with van der Waals surface area (Å²) >= 11 is 0. The molecule has 0 bridgehead atoms. The number of ether oxygens (including phenoxy) is 1. The Hall–Kier alpha value is -2.17. The van der Waals surface area contributed by atoms with E-state index in [0.717, 1.165) is 30.0 Å². The van der Waals surface area contributed by atoms with Crippen molar-refractivity contribution >= 4 is 5.82 Å². The van der Waals surface area contributed by atoms with Crippen molar-refractivity contribution in [2.75, 3.05) is 19.0 Å². The number of aromatic nitrogens is 3. The van der Waals surface area contributed by atoms with Gasteiger partial charge in [-0.05, 0) is 24.6 Å². The first-order chi connectivity index (χ1) is 8.83. The topological polar surface area (TPSA) is 59.9 Å². The van der Waals surface area contributed by atoms with Gasteiger partial charge in [-0.1, -0.05) is 6.92 Å².